The summed E-state index contributed by atoms with van der Waals surface area (Å²) in [5.74, 6) is 0.746. The monoisotopic (exact) mass is 291 g/mol. The molecule has 0 radical (unpaired) electrons. The predicted octanol–water partition coefficient (Wildman–Crippen LogP) is 3.43. The number of hydrogen-bond acceptors (Lipinski definition) is 3. The van der Waals surface area contributed by atoms with Crippen molar-refractivity contribution in [2.24, 2.45) is 5.73 Å². The fraction of sp³-hybridized carbons (Fsp3) is 0.250. The molecule has 4 heteroatoms. The molecule has 0 aromatic heterocycles. The maximum Gasteiger partial charge on any atom is 0.124 e. The highest BCUT2D eigenvalue weighted by molar-refractivity contribution is 6.30. The van der Waals surface area contributed by atoms with Crippen molar-refractivity contribution in [1.29, 1.82) is 0 Å². The number of ether oxygens (including phenoxy) is 1. The van der Waals surface area contributed by atoms with Crippen LogP contribution in [-0.4, -0.2) is 5.11 Å². The van der Waals surface area contributed by atoms with Gasteiger partial charge in [-0.15, -0.1) is 0 Å². The summed E-state index contributed by atoms with van der Waals surface area (Å²) in [6.45, 7) is 2.40. The molecule has 0 saturated heterocycles. The first-order valence-corrected chi connectivity index (χ1v) is 6.84. The summed E-state index contributed by atoms with van der Waals surface area (Å²) < 4.78 is 5.81. The van der Waals surface area contributed by atoms with Crippen LogP contribution in [0.1, 0.15) is 29.7 Å². The van der Waals surface area contributed by atoms with E-state index in [0.29, 0.717) is 11.6 Å². The molecule has 0 bridgehead atoms. The Labute approximate surface area is 123 Å². The molecule has 0 saturated carbocycles. The fourth-order valence-corrected chi connectivity index (χ4v) is 2.09. The minimum absolute atomic E-state index is 0.0488. The second kappa shape index (κ2) is 6.75. The van der Waals surface area contributed by atoms with Gasteiger partial charge in [-0.2, -0.15) is 0 Å². The normalized spacial score (nSPS) is 12.2. The number of halogens is 1. The molecule has 1 unspecified atom stereocenters. The van der Waals surface area contributed by atoms with Crippen LogP contribution in [0.15, 0.2) is 42.5 Å². The standard InChI is InChI=1S/C16H18ClNO2/c1-11(18)15-8-14(17)6-7-16(15)20-10-13-4-2-12(9-19)3-5-13/h2-8,11,19H,9-10,18H2,1H3. The molecule has 0 aliphatic heterocycles. The fourth-order valence-electron chi connectivity index (χ4n) is 1.91. The first-order chi connectivity index (χ1) is 9.60. The van der Waals surface area contributed by atoms with Gasteiger partial charge >= 0.3 is 0 Å². The highest BCUT2D eigenvalue weighted by Gasteiger charge is 2.09. The number of rotatable bonds is 5. The molecular weight excluding hydrogens is 274 g/mol. The number of aliphatic hydroxyl groups excluding tert-OH is 1. The number of hydrogen-bond donors (Lipinski definition) is 2. The molecule has 0 aliphatic carbocycles. The lowest BCUT2D eigenvalue weighted by Gasteiger charge is -2.14. The van der Waals surface area contributed by atoms with E-state index in [0.717, 1.165) is 22.4 Å². The average Bonchev–Trinajstić information content (AvgIpc) is 2.46. The van der Waals surface area contributed by atoms with Crippen LogP contribution in [0.4, 0.5) is 0 Å². The summed E-state index contributed by atoms with van der Waals surface area (Å²) in [6.07, 6.45) is 0. The van der Waals surface area contributed by atoms with E-state index in [-0.39, 0.29) is 12.6 Å². The summed E-state index contributed by atoms with van der Waals surface area (Å²) in [6, 6.07) is 13.0. The topological polar surface area (TPSA) is 55.5 Å². The summed E-state index contributed by atoms with van der Waals surface area (Å²) in [5, 5.41) is 9.65. The van der Waals surface area contributed by atoms with Crippen molar-refractivity contribution in [3.63, 3.8) is 0 Å². The Bertz CT molecular complexity index is 567. The SMILES string of the molecule is CC(N)c1cc(Cl)ccc1OCc1ccc(CO)cc1. The number of nitrogens with two attached hydrogens (primary N) is 1. The quantitative estimate of drug-likeness (QED) is 0.887. The van der Waals surface area contributed by atoms with Crippen LogP contribution in [0.5, 0.6) is 5.75 Å². The van der Waals surface area contributed by atoms with Gasteiger partial charge in [0.2, 0.25) is 0 Å². The van der Waals surface area contributed by atoms with Gasteiger partial charge in [0, 0.05) is 16.6 Å². The van der Waals surface area contributed by atoms with Crippen LogP contribution in [0, 0.1) is 0 Å². The van der Waals surface area contributed by atoms with Crippen molar-refractivity contribution in [3.05, 3.63) is 64.2 Å². The van der Waals surface area contributed by atoms with Gasteiger partial charge in [0.25, 0.3) is 0 Å². The largest absolute Gasteiger partial charge is 0.489 e. The highest BCUT2D eigenvalue weighted by atomic mass is 35.5. The average molecular weight is 292 g/mol. The van der Waals surface area contributed by atoms with Crippen molar-refractivity contribution in [1.82, 2.24) is 0 Å². The number of benzene rings is 2. The maximum atomic E-state index is 9.00. The summed E-state index contributed by atoms with van der Waals surface area (Å²) >= 11 is 5.98. The van der Waals surface area contributed by atoms with E-state index in [1.807, 2.05) is 43.3 Å². The van der Waals surface area contributed by atoms with Crippen LogP contribution in [0.2, 0.25) is 5.02 Å². The van der Waals surface area contributed by atoms with Crippen LogP contribution >= 0.6 is 11.6 Å². The highest BCUT2D eigenvalue weighted by Crippen LogP contribution is 2.27. The molecule has 0 amide bonds. The second-order valence-electron chi connectivity index (χ2n) is 4.73. The van der Waals surface area contributed by atoms with Gasteiger partial charge in [0.15, 0.2) is 0 Å². The Morgan fingerprint density at radius 1 is 1.15 bits per heavy atom. The van der Waals surface area contributed by atoms with E-state index >= 15 is 0 Å². The smallest absolute Gasteiger partial charge is 0.124 e. The Hall–Kier alpha value is -1.55. The Balaban J connectivity index is 2.10. The van der Waals surface area contributed by atoms with Gasteiger partial charge in [0.1, 0.15) is 12.4 Å². The Kier molecular flexibility index (Phi) is 5.01. The molecule has 1 atom stereocenters. The van der Waals surface area contributed by atoms with Crippen LogP contribution in [-0.2, 0) is 13.2 Å². The molecule has 0 aliphatic rings. The number of aliphatic hydroxyl groups is 1. The minimum atomic E-state index is -0.138. The van der Waals surface area contributed by atoms with Crippen LogP contribution in [0.25, 0.3) is 0 Å². The third-order valence-corrected chi connectivity index (χ3v) is 3.30. The predicted molar refractivity (Wildman–Crippen MR) is 80.8 cm³/mol. The summed E-state index contributed by atoms with van der Waals surface area (Å²) in [7, 11) is 0. The lowest BCUT2D eigenvalue weighted by Crippen LogP contribution is -2.08. The molecule has 106 valence electrons. The van der Waals surface area contributed by atoms with Crippen molar-refractivity contribution in [2.45, 2.75) is 26.2 Å². The molecule has 3 N–H and O–H groups in total. The Morgan fingerprint density at radius 2 is 1.80 bits per heavy atom. The van der Waals surface area contributed by atoms with Crippen molar-refractivity contribution in [3.8, 4) is 5.75 Å². The third kappa shape index (κ3) is 3.73. The van der Waals surface area contributed by atoms with Crippen molar-refractivity contribution < 1.29 is 9.84 Å². The van der Waals surface area contributed by atoms with E-state index in [2.05, 4.69) is 0 Å². The van der Waals surface area contributed by atoms with Gasteiger partial charge in [-0.3, -0.25) is 0 Å². The Morgan fingerprint density at radius 3 is 2.40 bits per heavy atom. The van der Waals surface area contributed by atoms with Crippen LogP contribution in [0.3, 0.4) is 0 Å². The van der Waals surface area contributed by atoms with Crippen LogP contribution < -0.4 is 10.5 Å². The lowest BCUT2D eigenvalue weighted by molar-refractivity contribution is 0.281. The van der Waals surface area contributed by atoms with E-state index in [4.69, 9.17) is 27.2 Å². The summed E-state index contributed by atoms with van der Waals surface area (Å²) in [5.41, 5.74) is 8.74. The van der Waals surface area contributed by atoms with E-state index in [1.165, 1.54) is 0 Å². The molecule has 0 spiro atoms. The molecule has 2 aromatic rings. The van der Waals surface area contributed by atoms with Gasteiger partial charge < -0.3 is 15.6 Å². The lowest BCUT2D eigenvalue weighted by atomic mass is 10.1. The molecule has 0 fully saturated rings. The molecule has 2 aromatic carbocycles. The first kappa shape index (κ1) is 14.9. The third-order valence-electron chi connectivity index (χ3n) is 3.06. The molecule has 0 heterocycles. The zero-order valence-corrected chi connectivity index (χ0v) is 12.1. The maximum absolute atomic E-state index is 9.00. The minimum Gasteiger partial charge on any atom is -0.489 e. The van der Waals surface area contributed by atoms with E-state index < -0.39 is 0 Å². The van der Waals surface area contributed by atoms with Crippen molar-refractivity contribution >= 4 is 11.6 Å². The molecule has 20 heavy (non-hydrogen) atoms. The van der Waals surface area contributed by atoms with Gasteiger partial charge in [-0.1, -0.05) is 35.9 Å². The van der Waals surface area contributed by atoms with E-state index in [1.54, 1.807) is 6.07 Å². The van der Waals surface area contributed by atoms with Gasteiger partial charge in [-0.05, 0) is 36.2 Å². The zero-order chi connectivity index (χ0) is 14.5. The molecule has 2 rings (SSSR count). The molecular formula is C16H18ClNO2. The molecule has 3 nitrogen and oxygen atoms in total. The van der Waals surface area contributed by atoms with Gasteiger partial charge in [-0.25, -0.2) is 0 Å². The first-order valence-electron chi connectivity index (χ1n) is 6.46. The summed E-state index contributed by atoms with van der Waals surface area (Å²) in [4.78, 5) is 0. The second-order valence-corrected chi connectivity index (χ2v) is 5.17. The zero-order valence-electron chi connectivity index (χ0n) is 11.3. The van der Waals surface area contributed by atoms with E-state index in [9.17, 15) is 0 Å². The van der Waals surface area contributed by atoms with Gasteiger partial charge in [0.05, 0.1) is 6.61 Å². The van der Waals surface area contributed by atoms with Crippen molar-refractivity contribution in [2.75, 3.05) is 0 Å².